The van der Waals surface area contributed by atoms with Gasteiger partial charge in [0.25, 0.3) is 5.91 Å². The Hall–Kier alpha value is -3.16. The quantitative estimate of drug-likeness (QED) is 0.324. The third-order valence-corrected chi connectivity index (χ3v) is 7.03. The summed E-state index contributed by atoms with van der Waals surface area (Å²) in [6.07, 6.45) is 4.05. The fraction of sp³-hybridized carbons (Fsp3) is 0.125. The van der Waals surface area contributed by atoms with Gasteiger partial charge in [0.1, 0.15) is 10.7 Å². The second-order valence-electron chi connectivity index (χ2n) is 7.25. The predicted molar refractivity (Wildman–Crippen MR) is 127 cm³/mol. The van der Waals surface area contributed by atoms with Gasteiger partial charge in [-0.15, -0.1) is 23.1 Å². The average Bonchev–Trinajstić information content (AvgIpc) is 3.40. The van der Waals surface area contributed by atoms with Crippen LogP contribution in [0.5, 0.6) is 0 Å². The Morgan fingerprint density at radius 1 is 1.03 bits per heavy atom. The number of imidazole rings is 1. The highest BCUT2D eigenvalue weighted by atomic mass is 32.2. The molecule has 0 fully saturated rings. The molecule has 0 saturated heterocycles. The summed E-state index contributed by atoms with van der Waals surface area (Å²) in [5, 5.41) is 0.941. The second kappa shape index (κ2) is 8.53. The minimum absolute atomic E-state index is 0.00356. The van der Waals surface area contributed by atoms with Gasteiger partial charge in [-0.1, -0.05) is 18.2 Å². The summed E-state index contributed by atoms with van der Waals surface area (Å²) in [5.74, 6) is 0.781. The summed E-state index contributed by atoms with van der Waals surface area (Å²) < 4.78 is 3.17. The van der Waals surface area contributed by atoms with Crippen molar-refractivity contribution in [3.05, 3.63) is 95.4 Å². The third-order valence-electron chi connectivity index (χ3n) is 4.96. The van der Waals surface area contributed by atoms with Crippen molar-refractivity contribution in [3.63, 3.8) is 0 Å². The number of carbonyl (C=O) groups excluding carboxylic acids is 1. The van der Waals surface area contributed by atoms with Crippen LogP contribution in [0.1, 0.15) is 21.1 Å². The molecule has 1 amide bonds. The van der Waals surface area contributed by atoms with Crippen molar-refractivity contribution in [2.45, 2.75) is 17.2 Å². The number of aromatic nitrogens is 3. The molecule has 0 atom stereocenters. The molecule has 3 aromatic heterocycles. The van der Waals surface area contributed by atoms with E-state index in [1.54, 1.807) is 28.0 Å². The summed E-state index contributed by atoms with van der Waals surface area (Å²) in [4.78, 5) is 24.9. The van der Waals surface area contributed by atoms with E-state index in [1.165, 1.54) is 0 Å². The molecule has 0 radical (unpaired) electrons. The van der Waals surface area contributed by atoms with E-state index in [0.717, 1.165) is 37.2 Å². The second-order valence-corrected chi connectivity index (χ2v) is 9.41. The fourth-order valence-corrected chi connectivity index (χ4v) is 5.19. The Kier molecular flexibility index (Phi) is 5.44. The van der Waals surface area contributed by atoms with Crippen LogP contribution in [0, 0.1) is 0 Å². The molecule has 3 heterocycles. The van der Waals surface area contributed by atoms with Crippen LogP contribution >= 0.6 is 23.1 Å². The van der Waals surface area contributed by atoms with Crippen LogP contribution in [-0.2, 0) is 12.3 Å². The Morgan fingerprint density at radius 3 is 2.65 bits per heavy atom. The number of nitrogens with zero attached hydrogens (tertiary/aromatic N) is 4. The summed E-state index contributed by atoms with van der Waals surface area (Å²) in [7, 11) is 1.82. The number of para-hydroxylation sites is 1. The minimum Gasteiger partial charge on any atom is -0.335 e. The first-order chi connectivity index (χ1) is 15.2. The summed E-state index contributed by atoms with van der Waals surface area (Å²) in [6, 6.07) is 21.8. The smallest absolute Gasteiger partial charge is 0.253 e. The lowest BCUT2D eigenvalue weighted by Gasteiger charge is -2.15. The van der Waals surface area contributed by atoms with Gasteiger partial charge in [0.05, 0.1) is 22.5 Å². The fourth-order valence-electron chi connectivity index (χ4n) is 3.39. The lowest BCUT2D eigenvalue weighted by Crippen LogP contribution is -2.26. The van der Waals surface area contributed by atoms with Crippen LogP contribution in [0.3, 0.4) is 0 Å². The maximum Gasteiger partial charge on any atom is 0.253 e. The molecule has 154 valence electrons. The highest BCUT2D eigenvalue weighted by Gasteiger charge is 2.14. The zero-order chi connectivity index (χ0) is 21.2. The Labute approximate surface area is 188 Å². The van der Waals surface area contributed by atoms with Gasteiger partial charge in [-0.25, -0.2) is 9.97 Å². The molecule has 0 saturated carbocycles. The lowest BCUT2D eigenvalue weighted by atomic mass is 10.2. The first-order valence-electron chi connectivity index (χ1n) is 9.91. The molecule has 2 aromatic carbocycles. The van der Waals surface area contributed by atoms with Gasteiger partial charge in [0, 0.05) is 35.7 Å². The zero-order valence-electron chi connectivity index (χ0n) is 16.9. The van der Waals surface area contributed by atoms with E-state index < -0.39 is 0 Å². The number of hydrogen-bond acceptors (Lipinski definition) is 5. The van der Waals surface area contributed by atoms with E-state index in [1.807, 2.05) is 78.3 Å². The van der Waals surface area contributed by atoms with E-state index in [9.17, 15) is 4.79 Å². The van der Waals surface area contributed by atoms with E-state index in [0.29, 0.717) is 12.1 Å². The topological polar surface area (TPSA) is 50.5 Å². The van der Waals surface area contributed by atoms with Crippen molar-refractivity contribution >= 4 is 44.9 Å². The number of carbonyl (C=O) groups is 1. The van der Waals surface area contributed by atoms with Crippen LogP contribution in [0.2, 0.25) is 0 Å². The number of pyridine rings is 1. The monoisotopic (exact) mass is 444 g/mol. The van der Waals surface area contributed by atoms with E-state index >= 15 is 0 Å². The molecular weight excluding hydrogens is 424 g/mol. The van der Waals surface area contributed by atoms with Crippen molar-refractivity contribution in [3.8, 4) is 0 Å². The van der Waals surface area contributed by atoms with Gasteiger partial charge in [-0.3, -0.25) is 4.79 Å². The molecule has 0 aliphatic heterocycles. The molecular formula is C24H20N4OS2. The molecule has 5 nitrogen and oxygen atoms in total. The van der Waals surface area contributed by atoms with Gasteiger partial charge in [-0.2, -0.15) is 0 Å². The number of benzene rings is 2. The number of thiazole rings is 1. The molecule has 0 aliphatic rings. The third kappa shape index (κ3) is 4.33. The van der Waals surface area contributed by atoms with Gasteiger partial charge in [-0.05, 0) is 48.5 Å². The zero-order valence-corrected chi connectivity index (χ0v) is 18.6. The Balaban J connectivity index is 1.21. The summed E-state index contributed by atoms with van der Waals surface area (Å²) in [6.45, 7) is 0.503. The molecule has 31 heavy (non-hydrogen) atoms. The lowest BCUT2D eigenvalue weighted by molar-refractivity contribution is 0.0785. The van der Waals surface area contributed by atoms with E-state index in [4.69, 9.17) is 0 Å². The largest absolute Gasteiger partial charge is 0.335 e. The molecule has 0 unspecified atom stereocenters. The molecule has 7 heteroatoms. The number of fused-ring (bicyclic) bond motifs is 2. The Morgan fingerprint density at radius 2 is 1.84 bits per heavy atom. The van der Waals surface area contributed by atoms with Crippen LogP contribution in [0.4, 0.5) is 0 Å². The van der Waals surface area contributed by atoms with Crippen LogP contribution in [0.15, 0.2) is 84.0 Å². The van der Waals surface area contributed by atoms with E-state index in [2.05, 4.69) is 22.2 Å². The first kappa shape index (κ1) is 19.8. The molecule has 0 bridgehead atoms. The Bertz CT molecular complexity index is 1290. The van der Waals surface area contributed by atoms with Crippen molar-refractivity contribution in [1.29, 1.82) is 0 Å². The van der Waals surface area contributed by atoms with Crippen LogP contribution in [-0.4, -0.2) is 32.2 Å². The SMILES string of the molecule is CN(Cc1nc2ccccc2s1)C(=O)c1ccc(SCc2cn3ccccc3n2)cc1. The van der Waals surface area contributed by atoms with Crippen molar-refractivity contribution in [2.24, 2.45) is 0 Å². The number of hydrogen-bond donors (Lipinski definition) is 0. The normalized spacial score (nSPS) is 11.3. The number of amides is 1. The van der Waals surface area contributed by atoms with Gasteiger partial charge >= 0.3 is 0 Å². The van der Waals surface area contributed by atoms with Gasteiger partial charge in [0.2, 0.25) is 0 Å². The van der Waals surface area contributed by atoms with Gasteiger partial charge < -0.3 is 9.30 Å². The molecule has 5 aromatic rings. The maximum atomic E-state index is 12.8. The molecule has 0 N–H and O–H groups in total. The molecule has 0 aliphatic carbocycles. The van der Waals surface area contributed by atoms with Gasteiger partial charge in [0.15, 0.2) is 0 Å². The minimum atomic E-state index is -0.00356. The number of thioether (sulfide) groups is 1. The van der Waals surface area contributed by atoms with Crippen molar-refractivity contribution in [2.75, 3.05) is 7.05 Å². The highest BCUT2D eigenvalue weighted by Crippen LogP contribution is 2.25. The first-order valence-corrected chi connectivity index (χ1v) is 11.7. The van der Waals surface area contributed by atoms with Crippen LogP contribution in [0.25, 0.3) is 15.9 Å². The number of rotatable bonds is 6. The predicted octanol–water partition coefficient (Wildman–Crippen LogP) is 5.51. The van der Waals surface area contributed by atoms with Crippen molar-refractivity contribution in [1.82, 2.24) is 19.3 Å². The van der Waals surface area contributed by atoms with Crippen molar-refractivity contribution < 1.29 is 4.79 Å². The highest BCUT2D eigenvalue weighted by molar-refractivity contribution is 7.98. The summed E-state index contributed by atoms with van der Waals surface area (Å²) in [5.41, 5.74) is 3.65. The molecule has 0 spiro atoms. The van der Waals surface area contributed by atoms with E-state index in [-0.39, 0.29) is 5.91 Å². The summed E-state index contributed by atoms with van der Waals surface area (Å²) >= 11 is 3.34. The van der Waals surface area contributed by atoms with Crippen LogP contribution < -0.4 is 0 Å². The maximum absolute atomic E-state index is 12.8. The average molecular weight is 445 g/mol. The molecule has 5 rings (SSSR count). The standard InChI is InChI=1S/C24H20N4OS2/c1-27(15-23-26-20-6-2-3-7-21(20)31-23)24(29)17-9-11-19(12-10-17)30-16-18-14-28-13-5-4-8-22(28)25-18/h2-14H,15-16H2,1H3.